The molecule has 0 radical (unpaired) electrons. The zero-order valence-electron chi connectivity index (χ0n) is 41.3. The third-order valence-corrected chi connectivity index (χ3v) is 19.9. The standard InChI is InChI=1S/C51H69NO15Si/c1-13-68(14-2,15-3)67-35-26-36-50(28-61-36,65-31(6)54)41-43(64-44(57)33-24-20-17-21-25-33)51(60)27-34(29(4)37(48(51,10)11)40(62-30(5)53)42(56)49(35,41)12)63-45(58)39(55)38(32-22-18-16-19-23-32)52-46(59)66-47(7,8)9/h16-25,35-41,43,55,60H,13-15,26-28H2,1-12H3,(H,52,59)/t35-,36+,37?,38-,39+,40+,41-,43-,49+,50-,51+/m0/s1. The highest BCUT2D eigenvalue weighted by atomic mass is 28.4. The molecule has 11 atom stereocenters. The number of Topliss-reactive ketones (excluding diaryl/α,β-unsaturated/α-hetero) is 1. The number of fused-ring (bicyclic) bond motifs is 5. The molecule has 6 rings (SSSR count). The number of hydrogen-bond donors (Lipinski definition) is 3. The summed E-state index contributed by atoms with van der Waals surface area (Å²) in [7, 11) is -2.63. The summed E-state index contributed by atoms with van der Waals surface area (Å²) >= 11 is 0. The van der Waals surface area contributed by atoms with Gasteiger partial charge in [-0.15, -0.1) is 0 Å². The molecule has 1 aliphatic heterocycles. The molecule has 68 heavy (non-hydrogen) atoms. The van der Waals surface area contributed by atoms with Gasteiger partial charge in [0.05, 0.1) is 35.6 Å². The average Bonchev–Trinajstić information content (AvgIpc) is 3.27. The Balaban J connectivity index is 1.60. The summed E-state index contributed by atoms with van der Waals surface area (Å²) in [5.74, 6) is -7.25. The third-order valence-electron chi connectivity index (χ3n) is 15.2. The molecule has 2 bridgehead atoms. The number of hydrogen-bond acceptors (Lipinski definition) is 15. The van der Waals surface area contributed by atoms with Crippen LogP contribution in [0.3, 0.4) is 0 Å². The Hall–Kier alpha value is -4.94. The number of aliphatic hydroxyl groups excluding tert-OH is 1. The normalized spacial score (nSPS) is 30.6. The van der Waals surface area contributed by atoms with Gasteiger partial charge in [-0.3, -0.25) is 14.4 Å². The molecule has 0 spiro atoms. The number of rotatable bonds is 14. The number of ketones is 1. The van der Waals surface area contributed by atoms with Crippen LogP contribution in [0.5, 0.6) is 0 Å². The fourth-order valence-corrected chi connectivity index (χ4v) is 14.3. The summed E-state index contributed by atoms with van der Waals surface area (Å²) in [6.45, 7) is 19.7. The lowest BCUT2D eigenvalue weighted by Gasteiger charge is -2.68. The van der Waals surface area contributed by atoms with Crippen molar-refractivity contribution in [1.29, 1.82) is 0 Å². The van der Waals surface area contributed by atoms with Crippen LogP contribution in [0.4, 0.5) is 4.79 Å². The van der Waals surface area contributed by atoms with Crippen LogP contribution in [-0.4, -0.2) is 108 Å². The molecule has 4 aliphatic rings. The molecule has 3 fully saturated rings. The Labute approximate surface area is 399 Å². The summed E-state index contributed by atoms with van der Waals surface area (Å²) in [4.78, 5) is 85.3. The second-order valence-electron chi connectivity index (χ2n) is 20.6. The van der Waals surface area contributed by atoms with Crippen molar-refractivity contribution < 1.29 is 71.8 Å². The molecule has 0 aromatic heterocycles. The summed E-state index contributed by atoms with van der Waals surface area (Å²) in [5.41, 5.74) is -7.73. The van der Waals surface area contributed by atoms with E-state index in [9.17, 15) is 34.2 Å². The van der Waals surface area contributed by atoms with Crippen molar-refractivity contribution in [1.82, 2.24) is 5.32 Å². The largest absolute Gasteiger partial charge is 0.455 e. The van der Waals surface area contributed by atoms with Crippen molar-refractivity contribution in [2.75, 3.05) is 6.61 Å². The predicted octanol–water partition coefficient (Wildman–Crippen LogP) is 7.07. The topological polar surface area (TPSA) is 220 Å². The SMILES string of the molecule is CC[Si](CC)(CC)O[C@H]1C[C@H]2OC[C@@]2(OC(C)=O)[C@H]2[C@H](OC(=O)c3ccccc3)[C@]3(O)CC(OC(=O)[C@H](O)[C@@H](NC(=O)OC(C)(C)C)c4ccccc4)=C(C)C([C@@H](OC(C)=O)C(=O)[C@]12C)C3(C)C. The van der Waals surface area contributed by atoms with E-state index >= 15 is 4.79 Å². The number of aliphatic hydroxyl groups is 2. The lowest BCUT2D eigenvalue weighted by atomic mass is 9.43. The summed E-state index contributed by atoms with van der Waals surface area (Å²) < 4.78 is 44.2. The number of benzene rings is 2. The molecule has 1 unspecified atom stereocenters. The Morgan fingerprint density at radius 1 is 0.897 bits per heavy atom. The Kier molecular flexibility index (Phi) is 15.0. The lowest BCUT2D eigenvalue weighted by Crippen LogP contribution is -2.82. The van der Waals surface area contributed by atoms with Gasteiger partial charge in [-0.2, -0.15) is 0 Å². The van der Waals surface area contributed by atoms with E-state index in [1.54, 1.807) is 97.0 Å². The number of esters is 4. The van der Waals surface area contributed by atoms with Gasteiger partial charge < -0.3 is 48.4 Å². The van der Waals surface area contributed by atoms with E-state index in [1.807, 2.05) is 20.8 Å². The molecule has 372 valence electrons. The maximum atomic E-state index is 16.3. The lowest BCUT2D eigenvalue weighted by molar-refractivity contribution is -0.348. The molecular formula is C51H69NO15Si. The molecule has 17 heteroatoms. The molecule has 2 aromatic rings. The Morgan fingerprint density at radius 2 is 1.49 bits per heavy atom. The fraction of sp³-hybridized carbons (Fsp3) is 0.608. The molecule has 3 N–H and O–H groups in total. The number of alkyl carbamates (subject to hydrolysis) is 1. The maximum absolute atomic E-state index is 16.3. The first-order valence-corrected chi connectivity index (χ1v) is 26.1. The van der Waals surface area contributed by atoms with Crippen molar-refractivity contribution in [3.8, 4) is 0 Å². The minimum atomic E-state index is -2.63. The van der Waals surface area contributed by atoms with Gasteiger partial charge in [-0.05, 0) is 76.0 Å². The van der Waals surface area contributed by atoms with Gasteiger partial charge in [0.1, 0.15) is 29.2 Å². The molecule has 2 aromatic carbocycles. The van der Waals surface area contributed by atoms with E-state index in [2.05, 4.69) is 5.32 Å². The predicted molar refractivity (Wildman–Crippen MR) is 249 cm³/mol. The maximum Gasteiger partial charge on any atom is 0.408 e. The second-order valence-corrected chi connectivity index (χ2v) is 25.3. The highest BCUT2D eigenvalue weighted by molar-refractivity contribution is 6.73. The van der Waals surface area contributed by atoms with Crippen LogP contribution in [-0.2, 0) is 52.0 Å². The minimum absolute atomic E-state index is 0.0783. The number of carbonyl (C=O) groups is 6. The first-order valence-electron chi connectivity index (χ1n) is 23.6. The van der Waals surface area contributed by atoms with Gasteiger partial charge in [0.2, 0.25) is 0 Å². The van der Waals surface area contributed by atoms with Crippen LogP contribution >= 0.6 is 0 Å². The van der Waals surface area contributed by atoms with Crippen molar-refractivity contribution in [3.63, 3.8) is 0 Å². The van der Waals surface area contributed by atoms with Crippen LogP contribution in [0.25, 0.3) is 0 Å². The number of carbonyl (C=O) groups excluding carboxylic acids is 6. The van der Waals surface area contributed by atoms with Crippen molar-refractivity contribution in [2.45, 2.75) is 167 Å². The van der Waals surface area contributed by atoms with Crippen LogP contribution in [0.2, 0.25) is 18.1 Å². The third kappa shape index (κ3) is 9.40. The molecule has 2 saturated carbocycles. The van der Waals surface area contributed by atoms with Gasteiger partial charge in [0.25, 0.3) is 0 Å². The number of ether oxygens (including phenoxy) is 6. The summed E-state index contributed by atoms with van der Waals surface area (Å²) in [6.07, 6.45) is -8.80. The van der Waals surface area contributed by atoms with Crippen LogP contribution in [0.15, 0.2) is 72.0 Å². The van der Waals surface area contributed by atoms with E-state index in [-0.39, 0.29) is 29.9 Å². The molecule has 16 nitrogen and oxygen atoms in total. The molecule has 1 heterocycles. The first-order chi connectivity index (χ1) is 31.8. The van der Waals surface area contributed by atoms with E-state index in [1.165, 1.54) is 19.1 Å². The van der Waals surface area contributed by atoms with Gasteiger partial charge in [0, 0.05) is 38.0 Å². The highest BCUT2D eigenvalue weighted by Gasteiger charge is 2.79. The van der Waals surface area contributed by atoms with Gasteiger partial charge in [-0.25, -0.2) is 14.4 Å². The first kappa shape index (κ1) is 52.4. The van der Waals surface area contributed by atoms with E-state index < -0.39 is 127 Å². The monoisotopic (exact) mass is 963 g/mol. The zero-order chi connectivity index (χ0) is 50.4. The van der Waals surface area contributed by atoms with Gasteiger partial charge in [0.15, 0.2) is 31.9 Å². The molecular weight excluding hydrogens is 895 g/mol. The molecule has 3 aliphatic carbocycles. The average molecular weight is 964 g/mol. The minimum Gasteiger partial charge on any atom is -0.455 e. The Bertz CT molecular complexity index is 2270. The van der Waals surface area contributed by atoms with Gasteiger partial charge >= 0.3 is 30.0 Å². The quantitative estimate of drug-likeness (QED) is 0.0980. The number of amides is 1. The summed E-state index contributed by atoms with van der Waals surface area (Å²) in [5, 5.41) is 28.5. The van der Waals surface area contributed by atoms with Crippen LogP contribution < -0.4 is 5.32 Å². The van der Waals surface area contributed by atoms with Gasteiger partial charge in [-0.1, -0.05) is 83.1 Å². The smallest absolute Gasteiger partial charge is 0.408 e. The van der Waals surface area contributed by atoms with Crippen LogP contribution in [0.1, 0.15) is 118 Å². The van der Waals surface area contributed by atoms with E-state index in [0.29, 0.717) is 23.7 Å². The highest BCUT2D eigenvalue weighted by Crippen LogP contribution is 2.66. The number of nitrogens with one attached hydrogen (secondary N) is 1. The summed E-state index contributed by atoms with van der Waals surface area (Å²) in [6, 6.07) is 16.9. The van der Waals surface area contributed by atoms with Crippen molar-refractivity contribution >= 4 is 44.1 Å². The molecule has 1 saturated heterocycles. The van der Waals surface area contributed by atoms with E-state index in [4.69, 9.17) is 32.8 Å². The Morgan fingerprint density at radius 3 is 2.00 bits per heavy atom. The van der Waals surface area contributed by atoms with E-state index in [0.717, 1.165) is 6.92 Å². The second kappa shape index (κ2) is 19.5. The van der Waals surface area contributed by atoms with Crippen LogP contribution in [0, 0.1) is 22.7 Å². The van der Waals surface area contributed by atoms with Crippen molar-refractivity contribution in [2.24, 2.45) is 22.7 Å². The molecule has 1 amide bonds. The zero-order valence-corrected chi connectivity index (χ0v) is 42.3. The van der Waals surface area contributed by atoms with Crippen molar-refractivity contribution in [3.05, 3.63) is 83.1 Å². The fourth-order valence-electron chi connectivity index (χ4n) is 11.4.